The molecule has 3 rings (SSSR count). The standard InChI is InChI=1S/C17H20N2/c1-11-4-3-5-16(12(11)2)19-17-9-6-13-10-14(18)7-8-15(13)17/h3-5,7-8,10,17,19H,6,9,18H2,1-2H3. The second-order valence-electron chi connectivity index (χ2n) is 5.44. The molecule has 0 saturated heterocycles. The van der Waals surface area contributed by atoms with E-state index in [1.54, 1.807) is 0 Å². The summed E-state index contributed by atoms with van der Waals surface area (Å²) in [5.74, 6) is 0. The zero-order valence-electron chi connectivity index (χ0n) is 11.5. The summed E-state index contributed by atoms with van der Waals surface area (Å²) in [7, 11) is 0. The molecule has 1 unspecified atom stereocenters. The Morgan fingerprint density at radius 3 is 2.84 bits per heavy atom. The second kappa shape index (κ2) is 4.61. The van der Waals surface area contributed by atoms with Gasteiger partial charge in [-0.15, -0.1) is 0 Å². The third kappa shape index (κ3) is 2.19. The Labute approximate surface area is 114 Å². The van der Waals surface area contributed by atoms with Gasteiger partial charge in [0, 0.05) is 11.4 Å². The molecule has 2 heteroatoms. The SMILES string of the molecule is Cc1cccc(NC2CCc3cc(N)ccc32)c1C. The largest absolute Gasteiger partial charge is 0.399 e. The summed E-state index contributed by atoms with van der Waals surface area (Å²) in [5, 5.41) is 3.68. The number of nitrogen functional groups attached to an aromatic ring is 1. The Morgan fingerprint density at radius 1 is 1.16 bits per heavy atom. The van der Waals surface area contributed by atoms with Crippen LogP contribution in [-0.4, -0.2) is 0 Å². The molecular formula is C17H20N2. The van der Waals surface area contributed by atoms with Crippen LogP contribution in [0, 0.1) is 13.8 Å². The minimum atomic E-state index is 0.413. The first kappa shape index (κ1) is 12.1. The number of aryl methyl sites for hydroxylation is 2. The zero-order valence-corrected chi connectivity index (χ0v) is 11.5. The van der Waals surface area contributed by atoms with Gasteiger partial charge in [0.1, 0.15) is 0 Å². The summed E-state index contributed by atoms with van der Waals surface area (Å²) in [6.07, 6.45) is 2.26. The predicted molar refractivity (Wildman–Crippen MR) is 81.5 cm³/mol. The number of nitrogens with one attached hydrogen (secondary N) is 1. The van der Waals surface area contributed by atoms with Crippen molar-refractivity contribution in [2.24, 2.45) is 0 Å². The number of rotatable bonds is 2. The van der Waals surface area contributed by atoms with Crippen molar-refractivity contribution in [3.63, 3.8) is 0 Å². The summed E-state index contributed by atoms with van der Waals surface area (Å²) >= 11 is 0. The molecule has 0 amide bonds. The van der Waals surface area contributed by atoms with E-state index in [9.17, 15) is 0 Å². The zero-order chi connectivity index (χ0) is 13.4. The third-order valence-corrected chi connectivity index (χ3v) is 4.18. The fourth-order valence-electron chi connectivity index (χ4n) is 2.88. The Kier molecular flexibility index (Phi) is 2.94. The maximum atomic E-state index is 5.85. The smallest absolute Gasteiger partial charge is 0.0519 e. The molecule has 0 aromatic heterocycles. The molecule has 1 atom stereocenters. The first-order chi connectivity index (χ1) is 9.15. The fourth-order valence-corrected chi connectivity index (χ4v) is 2.88. The number of hydrogen-bond donors (Lipinski definition) is 2. The highest BCUT2D eigenvalue weighted by Gasteiger charge is 2.22. The summed E-state index contributed by atoms with van der Waals surface area (Å²) in [6.45, 7) is 4.33. The van der Waals surface area contributed by atoms with Gasteiger partial charge in [-0.2, -0.15) is 0 Å². The van der Waals surface area contributed by atoms with Crippen molar-refractivity contribution in [1.82, 2.24) is 0 Å². The molecule has 2 aromatic rings. The lowest BCUT2D eigenvalue weighted by Gasteiger charge is -2.18. The Hall–Kier alpha value is -1.96. The highest BCUT2D eigenvalue weighted by atomic mass is 14.9. The van der Waals surface area contributed by atoms with Crippen LogP contribution < -0.4 is 11.1 Å². The monoisotopic (exact) mass is 252 g/mol. The molecule has 0 bridgehead atoms. The first-order valence-electron chi connectivity index (χ1n) is 6.86. The van der Waals surface area contributed by atoms with Crippen molar-refractivity contribution in [2.75, 3.05) is 11.1 Å². The minimum absolute atomic E-state index is 0.413. The summed E-state index contributed by atoms with van der Waals surface area (Å²) in [4.78, 5) is 0. The number of benzene rings is 2. The minimum Gasteiger partial charge on any atom is -0.399 e. The van der Waals surface area contributed by atoms with Gasteiger partial charge in [0.2, 0.25) is 0 Å². The number of nitrogens with two attached hydrogens (primary N) is 1. The highest BCUT2D eigenvalue weighted by Crippen LogP contribution is 2.35. The van der Waals surface area contributed by atoms with Crippen LogP contribution in [0.5, 0.6) is 0 Å². The molecule has 1 aliphatic carbocycles. The molecule has 0 spiro atoms. The molecule has 0 heterocycles. The van der Waals surface area contributed by atoms with Crippen molar-refractivity contribution >= 4 is 11.4 Å². The van der Waals surface area contributed by atoms with Crippen LogP contribution in [0.25, 0.3) is 0 Å². The maximum absolute atomic E-state index is 5.85. The molecular weight excluding hydrogens is 232 g/mol. The van der Waals surface area contributed by atoms with Crippen molar-refractivity contribution < 1.29 is 0 Å². The van der Waals surface area contributed by atoms with Crippen LogP contribution in [0.3, 0.4) is 0 Å². The van der Waals surface area contributed by atoms with Gasteiger partial charge in [-0.1, -0.05) is 18.2 Å². The second-order valence-corrected chi connectivity index (χ2v) is 5.44. The molecule has 2 nitrogen and oxygen atoms in total. The fraction of sp³-hybridized carbons (Fsp3) is 0.294. The van der Waals surface area contributed by atoms with E-state index in [0.29, 0.717) is 6.04 Å². The lowest BCUT2D eigenvalue weighted by Crippen LogP contribution is -2.08. The van der Waals surface area contributed by atoms with E-state index in [4.69, 9.17) is 5.73 Å². The average molecular weight is 252 g/mol. The predicted octanol–water partition coefficient (Wildman–Crippen LogP) is 3.99. The Bertz CT molecular complexity index is 617. The number of hydrogen-bond acceptors (Lipinski definition) is 2. The van der Waals surface area contributed by atoms with Gasteiger partial charge in [0.25, 0.3) is 0 Å². The lowest BCUT2D eigenvalue weighted by atomic mass is 10.0. The van der Waals surface area contributed by atoms with E-state index < -0.39 is 0 Å². The van der Waals surface area contributed by atoms with Crippen molar-refractivity contribution in [1.29, 1.82) is 0 Å². The van der Waals surface area contributed by atoms with E-state index in [0.717, 1.165) is 18.5 Å². The summed E-state index contributed by atoms with van der Waals surface area (Å²) < 4.78 is 0. The van der Waals surface area contributed by atoms with Gasteiger partial charge < -0.3 is 11.1 Å². The Morgan fingerprint density at radius 2 is 2.00 bits per heavy atom. The van der Waals surface area contributed by atoms with E-state index in [-0.39, 0.29) is 0 Å². The van der Waals surface area contributed by atoms with Crippen LogP contribution >= 0.6 is 0 Å². The van der Waals surface area contributed by atoms with E-state index in [1.165, 1.54) is 27.9 Å². The van der Waals surface area contributed by atoms with Crippen LogP contribution in [0.15, 0.2) is 36.4 Å². The lowest BCUT2D eigenvalue weighted by molar-refractivity contribution is 0.761. The molecule has 0 saturated carbocycles. The molecule has 2 aromatic carbocycles. The molecule has 0 radical (unpaired) electrons. The quantitative estimate of drug-likeness (QED) is 0.793. The summed E-state index contributed by atoms with van der Waals surface area (Å²) in [5.41, 5.74) is 13.4. The van der Waals surface area contributed by atoms with Crippen molar-refractivity contribution in [2.45, 2.75) is 32.7 Å². The number of fused-ring (bicyclic) bond motifs is 1. The topological polar surface area (TPSA) is 38.0 Å². The van der Waals surface area contributed by atoms with Crippen LogP contribution in [-0.2, 0) is 6.42 Å². The van der Waals surface area contributed by atoms with Crippen molar-refractivity contribution in [3.05, 3.63) is 58.7 Å². The number of anilines is 2. The molecule has 1 aliphatic rings. The van der Waals surface area contributed by atoms with E-state index in [1.807, 2.05) is 6.07 Å². The van der Waals surface area contributed by atoms with Gasteiger partial charge in [-0.05, 0) is 67.1 Å². The molecule has 19 heavy (non-hydrogen) atoms. The van der Waals surface area contributed by atoms with E-state index >= 15 is 0 Å². The highest BCUT2D eigenvalue weighted by molar-refractivity contribution is 5.57. The van der Waals surface area contributed by atoms with Gasteiger partial charge >= 0.3 is 0 Å². The van der Waals surface area contributed by atoms with Crippen LogP contribution in [0.4, 0.5) is 11.4 Å². The normalized spacial score (nSPS) is 17.3. The van der Waals surface area contributed by atoms with Gasteiger partial charge in [0.15, 0.2) is 0 Å². The summed E-state index contributed by atoms with van der Waals surface area (Å²) in [6, 6.07) is 13.1. The Balaban J connectivity index is 1.89. The van der Waals surface area contributed by atoms with Crippen LogP contribution in [0.2, 0.25) is 0 Å². The maximum Gasteiger partial charge on any atom is 0.0519 e. The van der Waals surface area contributed by atoms with Crippen LogP contribution in [0.1, 0.15) is 34.7 Å². The van der Waals surface area contributed by atoms with Crippen molar-refractivity contribution in [3.8, 4) is 0 Å². The first-order valence-corrected chi connectivity index (χ1v) is 6.86. The van der Waals surface area contributed by atoms with Gasteiger partial charge in [0.05, 0.1) is 6.04 Å². The van der Waals surface area contributed by atoms with Gasteiger partial charge in [-0.3, -0.25) is 0 Å². The molecule has 0 aliphatic heterocycles. The average Bonchev–Trinajstić information content (AvgIpc) is 2.77. The van der Waals surface area contributed by atoms with Gasteiger partial charge in [-0.25, -0.2) is 0 Å². The molecule has 3 N–H and O–H groups in total. The molecule has 0 fully saturated rings. The van der Waals surface area contributed by atoms with E-state index in [2.05, 4.69) is 49.5 Å². The third-order valence-electron chi connectivity index (χ3n) is 4.18. The molecule has 98 valence electrons.